The van der Waals surface area contributed by atoms with Crippen LogP contribution < -0.4 is 5.73 Å². The monoisotopic (exact) mass is 236 g/mol. The van der Waals surface area contributed by atoms with Crippen LogP contribution >= 0.6 is 0 Å². The summed E-state index contributed by atoms with van der Waals surface area (Å²) in [6, 6.07) is 0. The number of hydrogen-bond donors (Lipinski definition) is 1. The highest BCUT2D eigenvalue weighted by Gasteiger charge is 2.52. The van der Waals surface area contributed by atoms with Crippen molar-refractivity contribution >= 4 is 0 Å². The first kappa shape index (κ1) is 12.0. The van der Waals surface area contributed by atoms with Gasteiger partial charge in [0.1, 0.15) is 0 Å². The van der Waals surface area contributed by atoms with Crippen LogP contribution in [0.15, 0.2) is 0 Å². The SMILES string of the molecule is NCC1(N2CCCCCCC2)CC2CCC1C2. The van der Waals surface area contributed by atoms with Gasteiger partial charge in [0, 0.05) is 12.1 Å². The number of fused-ring (bicyclic) bond motifs is 2. The molecule has 98 valence electrons. The average Bonchev–Trinajstić information content (AvgIpc) is 2.88. The van der Waals surface area contributed by atoms with E-state index in [-0.39, 0.29) is 0 Å². The minimum Gasteiger partial charge on any atom is -0.329 e. The lowest BCUT2D eigenvalue weighted by atomic mass is 9.79. The Bertz CT molecular complexity index is 258. The van der Waals surface area contributed by atoms with Gasteiger partial charge in [0.2, 0.25) is 0 Å². The fraction of sp³-hybridized carbons (Fsp3) is 1.00. The van der Waals surface area contributed by atoms with Crippen molar-refractivity contribution in [2.24, 2.45) is 17.6 Å². The molecule has 0 aromatic carbocycles. The smallest absolute Gasteiger partial charge is 0.0362 e. The third-order valence-electron chi connectivity index (χ3n) is 5.78. The minimum absolute atomic E-state index is 0.417. The van der Waals surface area contributed by atoms with Crippen molar-refractivity contribution in [1.82, 2.24) is 4.90 Å². The van der Waals surface area contributed by atoms with Crippen molar-refractivity contribution in [2.75, 3.05) is 19.6 Å². The lowest BCUT2D eigenvalue weighted by Gasteiger charge is -2.47. The molecule has 2 N–H and O–H groups in total. The van der Waals surface area contributed by atoms with Gasteiger partial charge in [0.25, 0.3) is 0 Å². The summed E-state index contributed by atoms with van der Waals surface area (Å²) in [5, 5.41) is 0. The van der Waals surface area contributed by atoms with Gasteiger partial charge in [-0.05, 0) is 57.0 Å². The summed E-state index contributed by atoms with van der Waals surface area (Å²) >= 11 is 0. The third kappa shape index (κ3) is 2.04. The van der Waals surface area contributed by atoms with Crippen molar-refractivity contribution < 1.29 is 0 Å². The van der Waals surface area contributed by atoms with Gasteiger partial charge >= 0.3 is 0 Å². The molecule has 1 aliphatic heterocycles. The fourth-order valence-corrected chi connectivity index (χ4v) is 4.87. The second-order valence-electron chi connectivity index (χ2n) is 6.64. The molecule has 0 spiro atoms. The van der Waals surface area contributed by atoms with Crippen molar-refractivity contribution in [3.63, 3.8) is 0 Å². The average molecular weight is 236 g/mol. The molecule has 1 saturated heterocycles. The van der Waals surface area contributed by atoms with Crippen LogP contribution in [0, 0.1) is 11.8 Å². The van der Waals surface area contributed by atoms with Gasteiger partial charge in [-0.25, -0.2) is 0 Å². The summed E-state index contributed by atoms with van der Waals surface area (Å²) in [5.41, 5.74) is 6.65. The van der Waals surface area contributed by atoms with E-state index in [1.54, 1.807) is 0 Å². The zero-order chi connectivity index (χ0) is 11.7. The zero-order valence-electron chi connectivity index (χ0n) is 11.2. The zero-order valence-corrected chi connectivity index (χ0v) is 11.2. The van der Waals surface area contributed by atoms with Crippen LogP contribution in [0.2, 0.25) is 0 Å². The molecule has 17 heavy (non-hydrogen) atoms. The van der Waals surface area contributed by atoms with Crippen LogP contribution in [0.25, 0.3) is 0 Å². The molecule has 3 aliphatic rings. The van der Waals surface area contributed by atoms with Crippen molar-refractivity contribution in [3.05, 3.63) is 0 Å². The van der Waals surface area contributed by atoms with Gasteiger partial charge in [-0.15, -0.1) is 0 Å². The van der Waals surface area contributed by atoms with E-state index in [1.165, 1.54) is 70.9 Å². The Hall–Kier alpha value is -0.0800. The molecule has 0 aromatic rings. The van der Waals surface area contributed by atoms with Crippen LogP contribution in [0.4, 0.5) is 0 Å². The second kappa shape index (κ2) is 4.89. The standard InChI is InChI=1S/C15H28N2/c16-12-15(11-13-6-7-14(15)10-13)17-8-4-2-1-3-5-9-17/h13-14H,1-12,16H2. The summed E-state index contributed by atoms with van der Waals surface area (Å²) in [7, 11) is 0. The summed E-state index contributed by atoms with van der Waals surface area (Å²) < 4.78 is 0. The van der Waals surface area contributed by atoms with Crippen molar-refractivity contribution in [2.45, 2.75) is 63.3 Å². The summed E-state index contributed by atoms with van der Waals surface area (Å²) in [4.78, 5) is 2.82. The maximum absolute atomic E-state index is 6.23. The number of rotatable bonds is 2. The first-order valence-corrected chi connectivity index (χ1v) is 7.80. The predicted molar refractivity (Wildman–Crippen MR) is 71.9 cm³/mol. The van der Waals surface area contributed by atoms with Crippen LogP contribution in [-0.2, 0) is 0 Å². The Morgan fingerprint density at radius 1 is 1.00 bits per heavy atom. The van der Waals surface area contributed by atoms with E-state index in [0.717, 1.165) is 18.4 Å². The topological polar surface area (TPSA) is 29.3 Å². The van der Waals surface area contributed by atoms with Crippen LogP contribution in [0.5, 0.6) is 0 Å². The number of nitrogens with two attached hydrogens (primary N) is 1. The fourth-order valence-electron chi connectivity index (χ4n) is 4.87. The molecule has 2 bridgehead atoms. The molecule has 0 radical (unpaired) electrons. The molecule has 3 rings (SSSR count). The third-order valence-corrected chi connectivity index (χ3v) is 5.78. The van der Waals surface area contributed by atoms with E-state index in [1.807, 2.05) is 0 Å². The van der Waals surface area contributed by atoms with E-state index in [0.29, 0.717) is 5.54 Å². The van der Waals surface area contributed by atoms with Crippen LogP contribution in [0.3, 0.4) is 0 Å². The second-order valence-corrected chi connectivity index (χ2v) is 6.64. The lowest BCUT2D eigenvalue weighted by Crippen LogP contribution is -2.58. The Kier molecular flexibility index (Phi) is 3.45. The minimum atomic E-state index is 0.417. The largest absolute Gasteiger partial charge is 0.329 e. The molecule has 1 heterocycles. The van der Waals surface area contributed by atoms with Gasteiger partial charge in [0.05, 0.1) is 0 Å². The molecule has 2 nitrogen and oxygen atoms in total. The highest BCUT2D eigenvalue weighted by Crippen LogP contribution is 2.53. The first-order chi connectivity index (χ1) is 8.35. The molecule has 3 fully saturated rings. The lowest BCUT2D eigenvalue weighted by molar-refractivity contribution is 0.0349. The van der Waals surface area contributed by atoms with E-state index in [4.69, 9.17) is 5.73 Å². The molecule has 2 aliphatic carbocycles. The molecule has 2 heteroatoms. The molecule has 0 aromatic heterocycles. The van der Waals surface area contributed by atoms with E-state index in [2.05, 4.69) is 4.90 Å². The van der Waals surface area contributed by atoms with Crippen LogP contribution in [-0.4, -0.2) is 30.1 Å². The van der Waals surface area contributed by atoms with E-state index >= 15 is 0 Å². The molecule has 3 atom stereocenters. The normalized spacial score (nSPS) is 43.6. The van der Waals surface area contributed by atoms with Crippen molar-refractivity contribution in [1.29, 1.82) is 0 Å². The van der Waals surface area contributed by atoms with Crippen LogP contribution in [0.1, 0.15) is 57.8 Å². The summed E-state index contributed by atoms with van der Waals surface area (Å²) in [6.45, 7) is 3.55. The maximum Gasteiger partial charge on any atom is 0.0362 e. The van der Waals surface area contributed by atoms with Crippen molar-refractivity contribution in [3.8, 4) is 0 Å². The molecular formula is C15H28N2. The van der Waals surface area contributed by atoms with E-state index in [9.17, 15) is 0 Å². The van der Waals surface area contributed by atoms with Gasteiger partial charge < -0.3 is 5.73 Å². The highest BCUT2D eigenvalue weighted by molar-refractivity contribution is 5.08. The molecule has 0 amide bonds. The first-order valence-electron chi connectivity index (χ1n) is 7.80. The number of likely N-dealkylation sites (tertiary alicyclic amines) is 1. The predicted octanol–water partition coefficient (Wildman–Crippen LogP) is 2.77. The quantitative estimate of drug-likeness (QED) is 0.799. The Balaban J connectivity index is 1.74. The number of nitrogens with zero attached hydrogens (tertiary/aromatic N) is 1. The number of hydrogen-bond acceptors (Lipinski definition) is 2. The molecule has 2 saturated carbocycles. The Morgan fingerprint density at radius 3 is 2.24 bits per heavy atom. The van der Waals surface area contributed by atoms with Gasteiger partial charge in [-0.2, -0.15) is 0 Å². The Morgan fingerprint density at radius 2 is 1.71 bits per heavy atom. The molecular weight excluding hydrogens is 208 g/mol. The van der Waals surface area contributed by atoms with E-state index < -0.39 is 0 Å². The van der Waals surface area contributed by atoms with Gasteiger partial charge in [-0.3, -0.25) is 4.90 Å². The highest BCUT2D eigenvalue weighted by atomic mass is 15.2. The summed E-state index contributed by atoms with van der Waals surface area (Å²) in [5.74, 6) is 1.94. The molecule has 3 unspecified atom stereocenters. The maximum atomic E-state index is 6.23. The Labute approximate surface area is 106 Å². The summed E-state index contributed by atoms with van der Waals surface area (Å²) in [6.07, 6.45) is 13.0. The van der Waals surface area contributed by atoms with Gasteiger partial charge in [-0.1, -0.05) is 25.7 Å². The van der Waals surface area contributed by atoms with Gasteiger partial charge in [0.15, 0.2) is 0 Å².